The van der Waals surface area contributed by atoms with Gasteiger partial charge in [-0.25, -0.2) is 4.98 Å². The Morgan fingerprint density at radius 3 is 2.57 bits per heavy atom. The number of rotatable bonds is 3. The van der Waals surface area contributed by atoms with Crippen LogP contribution in [-0.2, 0) is 0 Å². The first-order valence-corrected chi connectivity index (χ1v) is 7.20. The number of hydrogen-bond acceptors (Lipinski definition) is 3. The Hall–Kier alpha value is -2.30. The van der Waals surface area contributed by atoms with Crippen LogP contribution in [0.5, 0.6) is 5.75 Å². The zero-order chi connectivity index (χ0) is 14.7. The minimum absolute atomic E-state index is 0.0931. The number of piperidine rings is 1. The number of imidazole rings is 1. The van der Waals surface area contributed by atoms with Crippen molar-refractivity contribution in [3.8, 4) is 5.75 Å². The molecule has 5 nitrogen and oxygen atoms in total. The highest BCUT2D eigenvalue weighted by atomic mass is 16.5. The molecule has 0 unspecified atom stereocenters. The molecule has 5 heteroatoms. The van der Waals surface area contributed by atoms with Crippen molar-refractivity contribution in [1.82, 2.24) is 14.9 Å². The van der Waals surface area contributed by atoms with Gasteiger partial charge in [0.05, 0.1) is 7.11 Å². The van der Waals surface area contributed by atoms with Gasteiger partial charge in [0.25, 0.3) is 5.91 Å². The van der Waals surface area contributed by atoms with Gasteiger partial charge in [-0.05, 0) is 37.1 Å². The molecular formula is C16H19N3O2. The molecule has 1 aliphatic rings. The number of hydrogen-bond donors (Lipinski definition) is 1. The highest BCUT2D eigenvalue weighted by molar-refractivity contribution is 5.94. The summed E-state index contributed by atoms with van der Waals surface area (Å²) in [5.41, 5.74) is 0.715. The van der Waals surface area contributed by atoms with E-state index in [2.05, 4.69) is 9.97 Å². The van der Waals surface area contributed by atoms with Crippen molar-refractivity contribution in [3.63, 3.8) is 0 Å². The third-order valence-corrected chi connectivity index (χ3v) is 4.03. The first-order valence-electron chi connectivity index (χ1n) is 7.20. The van der Waals surface area contributed by atoms with E-state index in [1.165, 1.54) is 0 Å². The van der Waals surface area contributed by atoms with Crippen LogP contribution in [-0.4, -0.2) is 41.0 Å². The number of benzene rings is 1. The van der Waals surface area contributed by atoms with Crippen molar-refractivity contribution in [2.45, 2.75) is 18.8 Å². The van der Waals surface area contributed by atoms with E-state index in [0.717, 1.165) is 37.5 Å². The van der Waals surface area contributed by atoms with Crippen LogP contribution in [0.3, 0.4) is 0 Å². The average Bonchev–Trinajstić information content (AvgIpc) is 3.09. The molecule has 110 valence electrons. The molecule has 2 heterocycles. The van der Waals surface area contributed by atoms with Gasteiger partial charge in [-0.2, -0.15) is 0 Å². The molecule has 1 N–H and O–H groups in total. The summed E-state index contributed by atoms with van der Waals surface area (Å²) < 4.78 is 5.11. The fraction of sp³-hybridized carbons (Fsp3) is 0.375. The Bertz CT molecular complexity index is 584. The number of carbonyl (C=O) groups is 1. The highest BCUT2D eigenvalue weighted by Gasteiger charge is 2.25. The van der Waals surface area contributed by atoms with Crippen molar-refractivity contribution in [2.24, 2.45) is 0 Å². The number of methoxy groups -OCH3 is 1. The molecule has 1 aromatic carbocycles. The summed E-state index contributed by atoms with van der Waals surface area (Å²) in [5.74, 6) is 2.32. The van der Waals surface area contributed by atoms with E-state index in [9.17, 15) is 4.79 Å². The molecule has 0 bridgehead atoms. The molecule has 0 radical (unpaired) electrons. The lowest BCUT2D eigenvalue weighted by atomic mass is 9.95. The van der Waals surface area contributed by atoms with Gasteiger partial charge in [-0.3, -0.25) is 4.79 Å². The van der Waals surface area contributed by atoms with Crippen molar-refractivity contribution >= 4 is 5.91 Å². The number of H-pyrrole nitrogens is 1. The maximum atomic E-state index is 12.5. The van der Waals surface area contributed by atoms with Crippen LogP contribution in [0.1, 0.15) is 34.9 Å². The first kappa shape index (κ1) is 13.7. The molecule has 1 aromatic heterocycles. The van der Waals surface area contributed by atoms with Gasteiger partial charge in [0, 0.05) is 37.0 Å². The van der Waals surface area contributed by atoms with E-state index in [4.69, 9.17) is 4.74 Å². The SMILES string of the molecule is COc1ccc(C(=O)N2CCC(c3ncc[nH]3)CC2)cc1. The zero-order valence-electron chi connectivity index (χ0n) is 12.1. The monoisotopic (exact) mass is 285 g/mol. The standard InChI is InChI=1S/C16H19N3O2/c1-21-14-4-2-13(3-5-14)16(20)19-10-6-12(7-11-19)15-17-8-9-18-15/h2-5,8-9,12H,6-7,10-11H2,1H3,(H,17,18). The lowest BCUT2D eigenvalue weighted by Crippen LogP contribution is -2.38. The van der Waals surface area contributed by atoms with Crippen LogP contribution in [0, 0.1) is 0 Å². The topological polar surface area (TPSA) is 58.2 Å². The summed E-state index contributed by atoms with van der Waals surface area (Å²) >= 11 is 0. The van der Waals surface area contributed by atoms with Gasteiger partial charge in [0.15, 0.2) is 0 Å². The van der Waals surface area contributed by atoms with Crippen LogP contribution >= 0.6 is 0 Å². The Morgan fingerprint density at radius 2 is 2.00 bits per heavy atom. The van der Waals surface area contributed by atoms with Gasteiger partial charge >= 0.3 is 0 Å². The number of carbonyl (C=O) groups excluding carboxylic acids is 1. The molecule has 0 atom stereocenters. The van der Waals surface area contributed by atoms with E-state index in [1.807, 2.05) is 35.4 Å². The first-order chi connectivity index (χ1) is 10.3. The predicted molar refractivity (Wildman–Crippen MR) is 79.5 cm³/mol. The number of amides is 1. The number of aromatic amines is 1. The van der Waals surface area contributed by atoms with Crippen molar-refractivity contribution in [2.75, 3.05) is 20.2 Å². The third-order valence-electron chi connectivity index (χ3n) is 4.03. The molecular weight excluding hydrogens is 266 g/mol. The van der Waals surface area contributed by atoms with Crippen LogP contribution in [0.15, 0.2) is 36.7 Å². The van der Waals surface area contributed by atoms with Gasteiger partial charge in [0.1, 0.15) is 11.6 Å². The van der Waals surface area contributed by atoms with Crippen LogP contribution in [0.4, 0.5) is 0 Å². The number of nitrogens with one attached hydrogen (secondary N) is 1. The second-order valence-corrected chi connectivity index (χ2v) is 5.27. The third kappa shape index (κ3) is 2.91. The Labute approximate surface area is 124 Å². The Kier molecular flexibility index (Phi) is 3.90. The second-order valence-electron chi connectivity index (χ2n) is 5.27. The maximum absolute atomic E-state index is 12.5. The highest BCUT2D eigenvalue weighted by Crippen LogP contribution is 2.26. The van der Waals surface area contributed by atoms with Gasteiger partial charge < -0.3 is 14.6 Å². The summed E-state index contributed by atoms with van der Waals surface area (Å²) in [6.07, 6.45) is 5.54. The normalized spacial score (nSPS) is 16.0. The van der Waals surface area contributed by atoms with E-state index in [-0.39, 0.29) is 5.91 Å². The summed E-state index contributed by atoms with van der Waals surface area (Å²) in [6, 6.07) is 7.28. The fourth-order valence-corrected chi connectivity index (χ4v) is 2.77. The van der Waals surface area contributed by atoms with E-state index < -0.39 is 0 Å². The predicted octanol–water partition coefficient (Wildman–Crippen LogP) is 2.44. The van der Waals surface area contributed by atoms with E-state index >= 15 is 0 Å². The quantitative estimate of drug-likeness (QED) is 0.942. The van der Waals surface area contributed by atoms with E-state index in [0.29, 0.717) is 11.5 Å². The smallest absolute Gasteiger partial charge is 0.253 e. The van der Waals surface area contributed by atoms with Gasteiger partial charge in [0.2, 0.25) is 0 Å². The molecule has 0 aliphatic carbocycles. The average molecular weight is 285 g/mol. The van der Waals surface area contributed by atoms with Gasteiger partial charge in [-0.15, -0.1) is 0 Å². The number of aromatic nitrogens is 2. The molecule has 1 fully saturated rings. The summed E-state index contributed by atoms with van der Waals surface area (Å²) in [4.78, 5) is 21.9. The second kappa shape index (κ2) is 5.99. The molecule has 1 aliphatic heterocycles. The molecule has 1 amide bonds. The van der Waals surface area contributed by atoms with Crippen LogP contribution < -0.4 is 4.74 Å². The lowest BCUT2D eigenvalue weighted by molar-refractivity contribution is 0.0711. The van der Waals surface area contributed by atoms with Crippen LogP contribution in [0.2, 0.25) is 0 Å². The molecule has 0 saturated carbocycles. The zero-order valence-corrected chi connectivity index (χ0v) is 12.1. The maximum Gasteiger partial charge on any atom is 0.253 e. The lowest BCUT2D eigenvalue weighted by Gasteiger charge is -2.31. The van der Waals surface area contributed by atoms with Crippen molar-refractivity contribution in [3.05, 3.63) is 48.0 Å². The minimum Gasteiger partial charge on any atom is -0.497 e. The van der Waals surface area contributed by atoms with Gasteiger partial charge in [-0.1, -0.05) is 0 Å². The fourth-order valence-electron chi connectivity index (χ4n) is 2.77. The van der Waals surface area contributed by atoms with Crippen LogP contribution in [0.25, 0.3) is 0 Å². The summed E-state index contributed by atoms with van der Waals surface area (Å²) in [5, 5.41) is 0. The molecule has 21 heavy (non-hydrogen) atoms. The summed E-state index contributed by atoms with van der Waals surface area (Å²) in [7, 11) is 1.62. The van der Waals surface area contributed by atoms with Crippen molar-refractivity contribution < 1.29 is 9.53 Å². The minimum atomic E-state index is 0.0931. The van der Waals surface area contributed by atoms with Crippen molar-refractivity contribution in [1.29, 1.82) is 0 Å². The molecule has 1 saturated heterocycles. The number of likely N-dealkylation sites (tertiary alicyclic amines) is 1. The molecule has 0 spiro atoms. The van der Waals surface area contributed by atoms with E-state index in [1.54, 1.807) is 13.3 Å². The number of ether oxygens (including phenoxy) is 1. The Morgan fingerprint density at radius 1 is 1.29 bits per heavy atom. The molecule has 2 aromatic rings. The molecule has 3 rings (SSSR count). The number of nitrogens with zero attached hydrogens (tertiary/aromatic N) is 2. The summed E-state index contributed by atoms with van der Waals surface area (Å²) in [6.45, 7) is 1.55. The largest absolute Gasteiger partial charge is 0.497 e. The Balaban J connectivity index is 1.62.